The Morgan fingerprint density at radius 1 is 0.864 bits per heavy atom. The SMILES string of the molecule is O=C(NCCCCCNc1ccccc1)c1ccc(Cl)cc1. The van der Waals surface area contributed by atoms with Crippen LogP contribution in [-0.4, -0.2) is 19.0 Å². The van der Waals surface area contributed by atoms with E-state index in [2.05, 4.69) is 22.8 Å². The summed E-state index contributed by atoms with van der Waals surface area (Å²) < 4.78 is 0. The van der Waals surface area contributed by atoms with Gasteiger partial charge < -0.3 is 10.6 Å². The molecule has 0 spiro atoms. The van der Waals surface area contributed by atoms with Gasteiger partial charge in [-0.25, -0.2) is 0 Å². The normalized spacial score (nSPS) is 10.2. The van der Waals surface area contributed by atoms with Gasteiger partial charge in [-0.15, -0.1) is 0 Å². The van der Waals surface area contributed by atoms with E-state index in [1.165, 1.54) is 0 Å². The Labute approximate surface area is 136 Å². The average molecular weight is 317 g/mol. The van der Waals surface area contributed by atoms with Crippen molar-refractivity contribution in [3.63, 3.8) is 0 Å². The Kier molecular flexibility index (Phi) is 6.78. The Balaban J connectivity index is 1.54. The van der Waals surface area contributed by atoms with Gasteiger partial charge in [0, 0.05) is 29.4 Å². The molecule has 2 aromatic carbocycles. The van der Waals surface area contributed by atoms with E-state index < -0.39 is 0 Å². The third-order valence-corrected chi connectivity index (χ3v) is 3.60. The second-order valence-corrected chi connectivity index (χ2v) is 5.55. The van der Waals surface area contributed by atoms with Crippen LogP contribution in [0.3, 0.4) is 0 Å². The van der Waals surface area contributed by atoms with Gasteiger partial charge in [0.25, 0.3) is 5.91 Å². The molecule has 3 nitrogen and oxygen atoms in total. The Morgan fingerprint density at radius 2 is 1.55 bits per heavy atom. The van der Waals surface area contributed by atoms with Crippen molar-refractivity contribution < 1.29 is 4.79 Å². The molecule has 0 aromatic heterocycles. The van der Waals surface area contributed by atoms with Gasteiger partial charge in [0.1, 0.15) is 0 Å². The van der Waals surface area contributed by atoms with Gasteiger partial charge >= 0.3 is 0 Å². The summed E-state index contributed by atoms with van der Waals surface area (Å²) in [5.41, 5.74) is 1.80. The molecule has 0 bridgehead atoms. The molecule has 116 valence electrons. The molecular weight excluding hydrogens is 296 g/mol. The summed E-state index contributed by atoms with van der Waals surface area (Å²) in [5, 5.41) is 6.94. The number of carbonyl (C=O) groups excluding carboxylic acids is 1. The number of amides is 1. The van der Waals surface area contributed by atoms with Gasteiger partial charge in [-0.3, -0.25) is 4.79 Å². The van der Waals surface area contributed by atoms with Gasteiger partial charge in [0.05, 0.1) is 0 Å². The van der Waals surface area contributed by atoms with Crippen molar-refractivity contribution in [2.24, 2.45) is 0 Å². The molecule has 22 heavy (non-hydrogen) atoms. The first-order valence-electron chi connectivity index (χ1n) is 7.58. The summed E-state index contributed by atoms with van der Waals surface area (Å²) >= 11 is 5.80. The maximum absolute atomic E-state index is 11.9. The molecule has 4 heteroatoms. The summed E-state index contributed by atoms with van der Waals surface area (Å²) in [7, 11) is 0. The number of rotatable bonds is 8. The minimum absolute atomic E-state index is 0.0425. The third-order valence-electron chi connectivity index (χ3n) is 3.35. The molecule has 2 aromatic rings. The molecule has 0 aliphatic rings. The predicted octanol–water partition coefficient (Wildman–Crippen LogP) is 4.35. The van der Waals surface area contributed by atoms with E-state index in [-0.39, 0.29) is 5.91 Å². The minimum atomic E-state index is -0.0425. The molecule has 2 rings (SSSR count). The molecule has 0 aliphatic carbocycles. The minimum Gasteiger partial charge on any atom is -0.385 e. The molecule has 2 N–H and O–H groups in total. The fourth-order valence-electron chi connectivity index (χ4n) is 2.12. The van der Waals surface area contributed by atoms with Crippen LogP contribution in [-0.2, 0) is 0 Å². The largest absolute Gasteiger partial charge is 0.385 e. The highest BCUT2D eigenvalue weighted by Gasteiger charge is 2.03. The van der Waals surface area contributed by atoms with Crippen LogP contribution in [0.15, 0.2) is 54.6 Å². The van der Waals surface area contributed by atoms with Crippen molar-refractivity contribution in [1.82, 2.24) is 5.32 Å². The Morgan fingerprint density at radius 3 is 2.27 bits per heavy atom. The molecule has 0 fully saturated rings. The average Bonchev–Trinajstić information content (AvgIpc) is 2.55. The van der Waals surface area contributed by atoms with Crippen LogP contribution in [0.4, 0.5) is 5.69 Å². The number of benzene rings is 2. The molecule has 0 radical (unpaired) electrons. The maximum atomic E-state index is 11.9. The number of hydrogen-bond acceptors (Lipinski definition) is 2. The van der Waals surface area contributed by atoms with Gasteiger partial charge in [0.15, 0.2) is 0 Å². The van der Waals surface area contributed by atoms with Crippen LogP contribution in [0.2, 0.25) is 5.02 Å². The fourth-order valence-corrected chi connectivity index (χ4v) is 2.25. The van der Waals surface area contributed by atoms with E-state index in [1.54, 1.807) is 24.3 Å². The maximum Gasteiger partial charge on any atom is 0.251 e. The lowest BCUT2D eigenvalue weighted by Crippen LogP contribution is -2.24. The van der Waals surface area contributed by atoms with Crippen LogP contribution >= 0.6 is 11.6 Å². The van der Waals surface area contributed by atoms with Crippen molar-refractivity contribution in [3.05, 3.63) is 65.2 Å². The lowest BCUT2D eigenvalue weighted by atomic mass is 10.2. The van der Waals surface area contributed by atoms with Gasteiger partial charge in [-0.1, -0.05) is 29.8 Å². The predicted molar refractivity (Wildman–Crippen MR) is 92.6 cm³/mol. The second kappa shape index (κ2) is 9.11. The second-order valence-electron chi connectivity index (χ2n) is 5.12. The highest BCUT2D eigenvalue weighted by molar-refractivity contribution is 6.30. The van der Waals surface area contributed by atoms with Crippen molar-refractivity contribution in [3.8, 4) is 0 Å². The number of anilines is 1. The Hall–Kier alpha value is -2.00. The Bertz CT molecular complexity index is 569. The summed E-state index contributed by atoms with van der Waals surface area (Å²) in [6, 6.07) is 17.1. The van der Waals surface area contributed by atoms with Gasteiger partial charge in [-0.2, -0.15) is 0 Å². The van der Waals surface area contributed by atoms with E-state index in [1.807, 2.05) is 18.2 Å². The summed E-state index contributed by atoms with van der Waals surface area (Å²) in [6.45, 7) is 1.65. The summed E-state index contributed by atoms with van der Waals surface area (Å²) in [6.07, 6.45) is 3.16. The topological polar surface area (TPSA) is 41.1 Å². The molecule has 0 atom stereocenters. The van der Waals surface area contributed by atoms with Crippen LogP contribution in [0, 0.1) is 0 Å². The van der Waals surface area contributed by atoms with Crippen molar-refractivity contribution in [1.29, 1.82) is 0 Å². The van der Waals surface area contributed by atoms with Gasteiger partial charge in [0.2, 0.25) is 0 Å². The zero-order valence-electron chi connectivity index (χ0n) is 12.5. The molecule has 0 unspecified atom stereocenters. The number of unbranched alkanes of at least 4 members (excludes halogenated alkanes) is 2. The first-order chi connectivity index (χ1) is 10.8. The fraction of sp³-hybridized carbons (Fsp3) is 0.278. The lowest BCUT2D eigenvalue weighted by Gasteiger charge is -2.07. The van der Waals surface area contributed by atoms with E-state index >= 15 is 0 Å². The number of halogens is 1. The summed E-state index contributed by atoms with van der Waals surface area (Å²) in [4.78, 5) is 11.9. The van der Waals surface area contributed by atoms with Crippen molar-refractivity contribution in [2.45, 2.75) is 19.3 Å². The zero-order valence-corrected chi connectivity index (χ0v) is 13.3. The quantitative estimate of drug-likeness (QED) is 0.711. The zero-order chi connectivity index (χ0) is 15.6. The monoisotopic (exact) mass is 316 g/mol. The number of carbonyl (C=O) groups is 1. The standard InChI is InChI=1S/C18H21ClN2O/c19-16-11-9-15(10-12-16)18(22)21-14-6-2-5-13-20-17-7-3-1-4-8-17/h1,3-4,7-12,20H,2,5-6,13-14H2,(H,21,22). The summed E-state index contributed by atoms with van der Waals surface area (Å²) in [5.74, 6) is -0.0425. The van der Waals surface area contributed by atoms with Gasteiger partial charge in [-0.05, 0) is 55.7 Å². The van der Waals surface area contributed by atoms with Crippen molar-refractivity contribution in [2.75, 3.05) is 18.4 Å². The van der Waals surface area contributed by atoms with E-state index in [0.29, 0.717) is 17.1 Å². The smallest absolute Gasteiger partial charge is 0.251 e. The molecule has 0 heterocycles. The highest BCUT2D eigenvalue weighted by Crippen LogP contribution is 2.09. The molecular formula is C18H21ClN2O. The molecule has 1 amide bonds. The molecule has 0 aliphatic heterocycles. The number of para-hydroxylation sites is 1. The van der Waals surface area contributed by atoms with Crippen LogP contribution < -0.4 is 10.6 Å². The first-order valence-corrected chi connectivity index (χ1v) is 7.96. The molecule has 0 saturated heterocycles. The first kappa shape index (κ1) is 16.4. The van der Waals surface area contributed by atoms with E-state index in [4.69, 9.17) is 11.6 Å². The van der Waals surface area contributed by atoms with E-state index in [0.717, 1.165) is 31.5 Å². The van der Waals surface area contributed by atoms with Crippen LogP contribution in [0.5, 0.6) is 0 Å². The van der Waals surface area contributed by atoms with E-state index in [9.17, 15) is 4.79 Å². The number of hydrogen-bond donors (Lipinski definition) is 2. The highest BCUT2D eigenvalue weighted by atomic mass is 35.5. The molecule has 0 saturated carbocycles. The third kappa shape index (κ3) is 5.78. The van der Waals surface area contributed by atoms with Crippen molar-refractivity contribution >= 4 is 23.2 Å². The lowest BCUT2D eigenvalue weighted by molar-refractivity contribution is 0.0953. The number of nitrogens with one attached hydrogen (secondary N) is 2. The van der Waals surface area contributed by atoms with Crippen LogP contribution in [0.1, 0.15) is 29.6 Å². The van der Waals surface area contributed by atoms with Crippen LogP contribution in [0.25, 0.3) is 0 Å².